The summed E-state index contributed by atoms with van der Waals surface area (Å²) in [5.74, 6) is 0.0238. The van der Waals surface area contributed by atoms with Crippen LogP contribution in [0.2, 0.25) is 0 Å². The Bertz CT molecular complexity index is 695. The maximum Gasteiger partial charge on any atom is 0.211 e. The number of hydrogen-bond donors (Lipinski definition) is 0. The average Bonchev–Trinajstić information content (AvgIpc) is 2.63. The maximum atomic E-state index is 12.6. The predicted octanol–water partition coefficient (Wildman–Crippen LogP) is 5.27. The van der Waals surface area contributed by atoms with Gasteiger partial charge in [-0.3, -0.25) is 9.78 Å². The van der Waals surface area contributed by atoms with Crippen molar-refractivity contribution in [2.75, 3.05) is 0 Å². The van der Waals surface area contributed by atoms with Gasteiger partial charge in [-0.25, -0.2) is 0 Å². The van der Waals surface area contributed by atoms with Crippen LogP contribution in [-0.4, -0.2) is 10.8 Å². The zero-order valence-electron chi connectivity index (χ0n) is 12.3. The lowest BCUT2D eigenvalue weighted by atomic mass is 9.99. The van der Waals surface area contributed by atoms with Crippen LogP contribution >= 0.6 is 31.9 Å². The highest BCUT2D eigenvalue weighted by Crippen LogP contribution is 2.31. The van der Waals surface area contributed by atoms with E-state index in [1.165, 1.54) is 0 Å². The van der Waals surface area contributed by atoms with Gasteiger partial charge in [0.2, 0.25) is 5.78 Å². The number of carbonyl (C=O) groups is 1. The first-order valence-electron chi connectivity index (χ1n) is 7.05. The van der Waals surface area contributed by atoms with Crippen molar-refractivity contribution in [2.45, 2.75) is 33.6 Å². The van der Waals surface area contributed by atoms with Crippen LogP contribution in [0.5, 0.6) is 0 Å². The van der Waals surface area contributed by atoms with Gasteiger partial charge in [-0.05, 0) is 58.5 Å². The molecule has 110 valence electrons. The summed E-state index contributed by atoms with van der Waals surface area (Å²) >= 11 is 7.02. The van der Waals surface area contributed by atoms with E-state index in [1.54, 1.807) is 6.20 Å². The second kappa shape index (κ2) is 6.84. The molecular formula is C17H17Br2NO. The number of ketones is 1. The highest BCUT2D eigenvalue weighted by Gasteiger charge is 2.24. The Kier molecular flexibility index (Phi) is 5.33. The van der Waals surface area contributed by atoms with Gasteiger partial charge in [0.15, 0.2) is 0 Å². The molecule has 0 spiro atoms. The fourth-order valence-corrected chi connectivity index (χ4v) is 3.38. The Balaban J connectivity index is 0.000000774. The number of aromatic nitrogens is 1. The van der Waals surface area contributed by atoms with Crippen LogP contribution in [0.1, 0.15) is 46.6 Å². The predicted molar refractivity (Wildman–Crippen MR) is 93.0 cm³/mol. The van der Waals surface area contributed by atoms with E-state index in [1.807, 2.05) is 39.0 Å². The van der Waals surface area contributed by atoms with E-state index in [0.29, 0.717) is 5.69 Å². The van der Waals surface area contributed by atoms with Crippen molar-refractivity contribution in [2.24, 2.45) is 0 Å². The summed E-state index contributed by atoms with van der Waals surface area (Å²) in [6, 6.07) is 5.88. The summed E-state index contributed by atoms with van der Waals surface area (Å²) < 4.78 is 1.96. The number of pyridine rings is 1. The number of hydrogen-bond acceptors (Lipinski definition) is 2. The summed E-state index contributed by atoms with van der Waals surface area (Å²) in [6.45, 7) is 6.04. The van der Waals surface area contributed by atoms with Crippen LogP contribution in [-0.2, 0) is 12.8 Å². The number of benzene rings is 1. The highest BCUT2D eigenvalue weighted by atomic mass is 79.9. The number of carbonyl (C=O) groups excluding carboxylic acids is 1. The number of fused-ring (bicyclic) bond motifs is 2. The number of nitrogens with zero attached hydrogens (tertiary/aromatic N) is 1. The van der Waals surface area contributed by atoms with Crippen molar-refractivity contribution in [3.63, 3.8) is 0 Å². The molecule has 0 aliphatic heterocycles. The van der Waals surface area contributed by atoms with Crippen LogP contribution in [0.4, 0.5) is 0 Å². The van der Waals surface area contributed by atoms with Crippen LogP contribution < -0.4 is 0 Å². The van der Waals surface area contributed by atoms with Gasteiger partial charge in [-0.15, -0.1) is 0 Å². The van der Waals surface area contributed by atoms with E-state index < -0.39 is 0 Å². The van der Waals surface area contributed by atoms with Crippen molar-refractivity contribution >= 4 is 37.6 Å². The Morgan fingerprint density at radius 3 is 2.57 bits per heavy atom. The molecule has 2 aromatic rings. The van der Waals surface area contributed by atoms with Gasteiger partial charge in [0.05, 0.1) is 0 Å². The lowest BCUT2D eigenvalue weighted by Crippen LogP contribution is -2.07. The van der Waals surface area contributed by atoms with Crippen molar-refractivity contribution in [1.82, 2.24) is 4.98 Å². The normalized spacial score (nSPS) is 12.7. The molecule has 1 aliphatic carbocycles. The summed E-state index contributed by atoms with van der Waals surface area (Å²) in [6.07, 6.45) is 3.38. The van der Waals surface area contributed by atoms with Crippen LogP contribution in [0.15, 0.2) is 33.3 Å². The Labute approximate surface area is 142 Å². The lowest BCUT2D eigenvalue weighted by molar-refractivity contribution is 0.103. The smallest absolute Gasteiger partial charge is 0.211 e. The molecule has 0 bridgehead atoms. The van der Waals surface area contributed by atoms with Gasteiger partial charge in [-0.1, -0.05) is 41.9 Å². The molecule has 0 atom stereocenters. The highest BCUT2D eigenvalue weighted by molar-refractivity contribution is 9.10. The zero-order valence-corrected chi connectivity index (χ0v) is 15.5. The molecule has 0 unspecified atom stereocenters. The molecule has 1 aliphatic rings. The quantitative estimate of drug-likeness (QED) is 0.591. The topological polar surface area (TPSA) is 30.0 Å². The molecule has 1 aromatic carbocycles. The van der Waals surface area contributed by atoms with Gasteiger partial charge in [-0.2, -0.15) is 0 Å². The van der Waals surface area contributed by atoms with Gasteiger partial charge >= 0.3 is 0 Å². The Morgan fingerprint density at radius 2 is 1.86 bits per heavy atom. The first-order chi connectivity index (χ1) is 10.1. The van der Waals surface area contributed by atoms with Crippen LogP contribution in [0.3, 0.4) is 0 Å². The lowest BCUT2D eigenvalue weighted by Gasteiger charge is -2.09. The molecule has 3 rings (SSSR count). The minimum absolute atomic E-state index is 0.0238. The zero-order chi connectivity index (χ0) is 15.6. The number of aryl methyl sites for hydroxylation is 2. The molecule has 0 fully saturated rings. The van der Waals surface area contributed by atoms with E-state index in [2.05, 4.69) is 36.8 Å². The van der Waals surface area contributed by atoms with Crippen molar-refractivity contribution < 1.29 is 4.79 Å². The maximum absolute atomic E-state index is 12.6. The minimum atomic E-state index is 0.0238. The third-order valence-electron chi connectivity index (χ3n) is 3.47. The average molecular weight is 411 g/mol. The molecule has 0 saturated carbocycles. The van der Waals surface area contributed by atoms with E-state index in [0.717, 1.165) is 44.0 Å². The van der Waals surface area contributed by atoms with Crippen molar-refractivity contribution in [3.8, 4) is 0 Å². The minimum Gasteiger partial charge on any atom is -0.287 e. The van der Waals surface area contributed by atoms with Gasteiger partial charge in [0.1, 0.15) is 5.69 Å². The first kappa shape index (κ1) is 16.4. The van der Waals surface area contributed by atoms with Crippen molar-refractivity contribution in [3.05, 3.63) is 61.3 Å². The van der Waals surface area contributed by atoms with Crippen LogP contribution in [0, 0.1) is 6.92 Å². The Morgan fingerprint density at radius 1 is 1.14 bits per heavy atom. The van der Waals surface area contributed by atoms with Crippen molar-refractivity contribution in [1.29, 1.82) is 0 Å². The van der Waals surface area contributed by atoms with E-state index in [-0.39, 0.29) is 5.78 Å². The molecule has 1 aromatic heterocycles. The molecule has 0 saturated heterocycles. The summed E-state index contributed by atoms with van der Waals surface area (Å²) in [5, 5.41) is 0. The number of rotatable bonds is 0. The SMILES string of the molecule is CC.Cc1ccc2c(c1Br)CCc1cc(Br)cnc1C2=O. The van der Waals surface area contributed by atoms with E-state index in [4.69, 9.17) is 0 Å². The van der Waals surface area contributed by atoms with Gasteiger partial charge < -0.3 is 0 Å². The molecule has 4 heteroatoms. The second-order valence-corrected chi connectivity index (χ2v) is 6.42. The third-order valence-corrected chi connectivity index (χ3v) is 5.01. The largest absolute Gasteiger partial charge is 0.287 e. The molecule has 0 N–H and O–H groups in total. The van der Waals surface area contributed by atoms with Gasteiger partial charge in [0, 0.05) is 20.7 Å². The fraction of sp³-hybridized carbons (Fsp3) is 0.294. The van der Waals surface area contributed by atoms with Gasteiger partial charge in [0.25, 0.3) is 0 Å². The first-order valence-corrected chi connectivity index (χ1v) is 8.63. The molecule has 21 heavy (non-hydrogen) atoms. The third kappa shape index (κ3) is 3.11. The molecule has 1 heterocycles. The summed E-state index contributed by atoms with van der Waals surface area (Å²) in [4.78, 5) is 16.9. The number of halogens is 2. The second-order valence-electron chi connectivity index (χ2n) is 4.71. The van der Waals surface area contributed by atoms with E-state index >= 15 is 0 Å². The monoisotopic (exact) mass is 409 g/mol. The summed E-state index contributed by atoms with van der Waals surface area (Å²) in [5.41, 5.74) is 4.62. The van der Waals surface area contributed by atoms with E-state index in [9.17, 15) is 4.79 Å². The molecule has 0 amide bonds. The fourth-order valence-electron chi connectivity index (χ4n) is 2.46. The standard InChI is InChI=1S/C15H11Br2NO.C2H6/c1-8-2-4-12-11(13(8)17)5-3-9-6-10(16)7-18-14(9)15(12)19;1-2/h2,4,6-7H,3,5H2,1H3;1-2H3. The molecular weight excluding hydrogens is 394 g/mol. The molecule has 2 nitrogen and oxygen atoms in total. The molecule has 0 radical (unpaired) electrons. The van der Waals surface area contributed by atoms with Crippen LogP contribution in [0.25, 0.3) is 0 Å². The Hall–Kier alpha value is -1.00. The summed E-state index contributed by atoms with van der Waals surface area (Å²) in [7, 11) is 0.